The molecule has 1 heterocycles. The molecule has 0 radical (unpaired) electrons. The molecule has 0 aliphatic rings. The van der Waals surface area contributed by atoms with Gasteiger partial charge in [-0.05, 0) is 18.2 Å². The summed E-state index contributed by atoms with van der Waals surface area (Å²) in [5.74, 6) is 0.170. The third-order valence-corrected chi connectivity index (χ3v) is 2.28. The molecule has 0 saturated heterocycles. The fraction of sp³-hybridized carbons (Fsp3) is 0.0909. The van der Waals surface area contributed by atoms with Crippen molar-refractivity contribution < 1.29 is 13.2 Å². The van der Waals surface area contributed by atoms with E-state index in [0.717, 1.165) is 12.1 Å². The number of halogens is 4. The maximum atomic E-state index is 12.5. The fourth-order valence-corrected chi connectivity index (χ4v) is 1.45. The van der Waals surface area contributed by atoms with E-state index in [9.17, 15) is 13.2 Å². The summed E-state index contributed by atoms with van der Waals surface area (Å²) in [7, 11) is 0. The van der Waals surface area contributed by atoms with Gasteiger partial charge < -0.3 is 0 Å². The standard InChI is InChI=1S/C11H6ClF3N2/c12-9-4-5-16-10(17-9)7-2-1-3-8(6-7)11(13,14)15/h1-6H. The van der Waals surface area contributed by atoms with Crippen LogP contribution < -0.4 is 0 Å². The molecule has 2 rings (SSSR count). The molecule has 0 spiro atoms. The molecule has 1 aromatic carbocycles. The second-order valence-corrected chi connectivity index (χ2v) is 3.67. The molecule has 0 saturated carbocycles. The smallest absolute Gasteiger partial charge is 0.236 e. The second kappa shape index (κ2) is 4.33. The van der Waals surface area contributed by atoms with Crippen LogP contribution in [-0.2, 0) is 6.18 Å². The van der Waals surface area contributed by atoms with Crippen LogP contribution >= 0.6 is 11.6 Å². The summed E-state index contributed by atoms with van der Waals surface area (Å²) in [5, 5.41) is 0.187. The van der Waals surface area contributed by atoms with Crippen LogP contribution in [0.4, 0.5) is 13.2 Å². The van der Waals surface area contributed by atoms with Crippen LogP contribution in [-0.4, -0.2) is 9.97 Å². The Labute approximate surface area is 100 Å². The second-order valence-electron chi connectivity index (χ2n) is 3.28. The first-order chi connectivity index (χ1) is 7.97. The molecule has 0 atom stereocenters. The fourth-order valence-electron chi connectivity index (χ4n) is 1.31. The summed E-state index contributed by atoms with van der Waals surface area (Å²) in [5.41, 5.74) is -0.457. The minimum atomic E-state index is -4.38. The van der Waals surface area contributed by atoms with Crippen LogP contribution in [0.5, 0.6) is 0 Å². The SMILES string of the molecule is FC(F)(F)c1cccc(-c2nccc(Cl)n2)c1. The molecular weight excluding hydrogens is 253 g/mol. The molecule has 0 aliphatic carbocycles. The van der Waals surface area contributed by atoms with Crippen molar-refractivity contribution in [3.63, 3.8) is 0 Å². The monoisotopic (exact) mass is 258 g/mol. The number of hydrogen-bond acceptors (Lipinski definition) is 2. The molecule has 2 aromatic rings. The minimum absolute atomic E-state index is 0.170. The van der Waals surface area contributed by atoms with Crippen LogP contribution in [0.1, 0.15) is 5.56 Å². The highest BCUT2D eigenvalue weighted by molar-refractivity contribution is 6.29. The van der Waals surface area contributed by atoms with Crippen molar-refractivity contribution in [2.24, 2.45) is 0 Å². The van der Waals surface area contributed by atoms with E-state index >= 15 is 0 Å². The van der Waals surface area contributed by atoms with Crippen LogP contribution in [0, 0.1) is 0 Å². The predicted octanol–water partition coefficient (Wildman–Crippen LogP) is 3.82. The van der Waals surface area contributed by atoms with E-state index in [1.54, 1.807) is 0 Å². The Morgan fingerprint density at radius 2 is 1.88 bits per heavy atom. The molecule has 88 valence electrons. The lowest BCUT2D eigenvalue weighted by atomic mass is 10.1. The summed E-state index contributed by atoms with van der Waals surface area (Å²) >= 11 is 5.65. The number of aromatic nitrogens is 2. The Balaban J connectivity index is 2.47. The molecule has 0 amide bonds. The van der Waals surface area contributed by atoms with Gasteiger partial charge in [0.25, 0.3) is 0 Å². The first-order valence-corrected chi connectivity index (χ1v) is 5.01. The van der Waals surface area contributed by atoms with Gasteiger partial charge in [0.05, 0.1) is 5.56 Å². The number of alkyl halides is 3. The largest absolute Gasteiger partial charge is 0.416 e. The van der Waals surface area contributed by atoms with Gasteiger partial charge in [-0.15, -0.1) is 0 Å². The molecular formula is C11H6ClF3N2. The van der Waals surface area contributed by atoms with E-state index < -0.39 is 11.7 Å². The third kappa shape index (κ3) is 2.74. The zero-order valence-electron chi connectivity index (χ0n) is 8.37. The highest BCUT2D eigenvalue weighted by Gasteiger charge is 2.30. The first kappa shape index (κ1) is 11.9. The van der Waals surface area contributed by atoms with Crippen molar-refractivity contribution in [1.82, 2.24) is 9.97 Å². The van der Waals surface area contributed by atoms with Gasteiger partial charge in [-0.3, -0.25) is 0 Å². The van der Waals surface area contributed by atoms with Crippen molar-refractivity contribution in [3.05, 3.63) is 47.2 Å². The average Bonchev–Trinajstić information content (AvgIpc) is 2.28. The van der Waals surface area contributed by atoms with E-state index in [1.165, 1.54) is 24.4 Å². The quantitative estimate of drug-likeness (QED) is 0.727. The van der Waals surface area contributed by atoms with Crippen LogP contribution in [0.3, 0.4) is 0 Å². The molecule has 0 bridgehead atoms. The molecule has 0 N–H and O–H groups in total. The number of benzene rings is 1. The normalized spacial score (nSPS) is 11.5. The molecule has 1 aromatic heterocycles. The Hall–Kier alpha value is -1.62. The van der Waals surface area contributed by atoms with Crippen molar-refractivity contribution in [2.45, 2.75) is 6.18 Å². The van der Waals surface area contributed by atoms with Gasteiger partial charge >= 0.3 is 6.18 Å². The summed E-state index contributed by atoms with van der Waals surface area (Å²) in [4.78, 5) is 7.72. The number of nitrogens with zero attached hydrogens (tertiary/aromatic N) is 2. The highest BCUT2D eigenvalue weighted by atomic mass is 35.5. The van der Waals surface area contributed by atoms with Crippen molar-refractivity contribution in [3.8, 4) is 11.4 Å². The minimum Gasteiger partial charge on any atom is -0.236 e. The van der Waals surface area contributed by atoms with Crippen molar-refractivity contribution in [2.75, 3.05) is 0 Å². The lowest BCUT2D eigenvalue weighted by Gasteiger charge is -2.07. The van der Waals surface area contributed by atoms with Gasteiger partial charge in [-0.2, -0.15) is 13.2 Å². The number of hydrogen-bond donors (Lipinski definition) is 0. The summed E-state index contributed by atoms with van der Waals surface area (Å²) in [6, 6.07) is 6.25. The molecule has 17 heavy (non-hydrogen) atoms. The van der Waals surface area contributed by atoms with Gasteiger partial charge in [-0.25, -0.2) is 9.97 Å². The zero-order chi connectivity index (χ0) is 12.5. The van der Waals surface area contributed by atoms with Gasteiger partial charge in [0, 0.05) is 11.8 Å². The molecule has 6 heteroatoms. The van der Waals surface area contributed by atoms with Crippen LogP contribution in [0.15, 0.2) is 36.5 Å². The lowest BCUT2D eigenvalue weighted by Crippen LogP contribution is -2.04. The van der Waals surface area contributed by atoms with Crippen LogP contribution in [0.2, 0.25) is 5.15 Å². The van der Waals surface area contributed by atoms with E-state index in [4.69, 9.17) is 11.6 Å². The maximum absolute atomic E-state index is 12.5. The van der Waals surface area contributed by atoms with Crippen molar-refractivity contribution in [1.29, 1.82) is 0 Å². The Morgan fingerprint density at radius 3 is 2.53 bits per heavy atom. The van der Waals surface area contributed by atoms with Gasteiger partial charge in [0.2, 0.25) is 0 Å². The van der Waals surface area contributed by atoms with E-state index in [2.05, 4.69) is 9.97 Å². The zero-order valence-corrected chi connectivity index (χ0v) is 9.13. The first-order valence-electron chi connectivity index (χ1n) is 4.63. The Kier molecular flexibility index (Phi) is 3.02. The predicted molar refractivity (Wildman–Crippen MR) is 57.5 cm³/mol. The summed E-state index contributed by atoms with van der Waals surface area (Å²) in [6.45, 7) is 0. The van der Waals surface area contributed by atoms with E-state index in [1.807, 2.05) is 0 Å². The Morgan fingerprint density at radius 1 is 1.12 bits per heavy atom. The molecule has 0 aliphatic heterocycles. The average molecular weight is 259 g/mol. The Bertz CT molecular complexity index is 540. The summed E-state index contributed by atoms with van der Waals surface area (Å²) in [6.07, 6.45) is -2.99. The van der Waals surface area contributed by atoms with E-state index in [-0.39, 0.29) is 16.5 Å². The molecule has 0 unspecified atom stereocenters. The summed E-state index contributed by atoms with van der Waals surface area (Å²) < 4.78 is 37.5. The van der Waals surface area contributed by atoms with E-state index in [0.29, 0.717) is 0 Å². The lowest BCUT2D eigenvalue weighted by molar-refractivity contribution is -0.137. The molecule has 0 fully saturated rings. The van der Waals surface area contributed by atoms with Gasteiger partial charge in [-0.1, -0.05) is 23.7 Å². The maximum Gasteiger partial charge on any atom is 0.416 e. The van der Waals surface area contributed by atoms with Crippen LogP contribution in [0.25, 0.3) is 11.4 Å². The topological polar surface area (TPSA) is 25.8 Å². The number of rotatable bonds is 1. The van der Waals surface area contributed by atoms with Crippen molar-refractivity contribution >= 4 is 11.6 Å². The third-order valence-electron chi connectivity index (χ3n) is 2.07. The highest BCUT2D eigenvalue weighted by Crippen LogP contribution is 2.31. The van der Waals surface area contributed by atoms with Gasteiger partial charge in [0.15, 0.2) is 5.82 Å². The van der Waals surface area contributed by atoms with Gasteiger partial charge in [0.1, 0.15) is 5.15 Å². The molecule has 2 nitrogen and oxygen atoms in total.